The van der Waals surface area contributed by atoms with Crippen molar-refractivity contribution < 1.29 is 19.1 Å². The number of hydrogen-bond donors (Lipinski definition) is 1. The van der Waals surface area contributed by atoms with Crippen LogP contribution in [-0.4, -0.2) is 31.1 Å². The van der Waals surface area contributed by atoms with Crippen molar-refractivity contribution in [1.82, 2.24) is 5.32 Å². The zero-order valence-electron chi connectivity index (χ0n) is 16.4. The number of Topliss-reactive ketones (excluding diaryl/α,β-unsaturated/α-hetero) is 1. The van der Waals surface area contributed by atoms with Crippen LogP contribution in [0.5, 0.6) is 0 Å². The maximum Gasteiger partial charge on any atom is 0.225 e. The molecule has 2 fully saturated rings. The highest BCUT2D eigenvalue weighted by Gasteiger charge is 2.32. The van der Waals surface area contributed by atoms with Gasteiger partial charge in [-0.3, -0.25) is 14.4 Å². The van der Waals surface area contributed by atoms with E-state index in [1.54, 1.807) is 0 Å². The van der Waals surface area contributed by atoms with Crippen LogP contribution in [0.25, 0.3) is 0 Å². The first kappa shape index (κ1) is 19.8. The fourth-order valence-corrected chi connectivity index (χ4v) is 4.62. The molecule has 0 aromatic carbocycles. The van der Waals surface area contributed by atoms with Crippen molar-refractivity contribution in [2.24, 2.45) is 11.8 Å². The van der Waals surface area contributed by atoms with Gasteiger partial charge in [-0.25, -0.2) is 0 Å². The van der Waals surface area contributed by atoms with Crippen molar-refractivity contribution in [3.63, 3.8) is 0 Å². The lowest BCUT2D eigenvalue weighted by atomic mass is 9.81. The molecular formula is C22H31NO4. The monoisotopic (exact) mass is 373 g/mol. The molecule has 0 saturated heterocycles. The summed E-state index contributed by atoms with van der Waals surface area (Å²) in [5, 5.41) is 2.86. The Kier molecular flexibility index (Phi) is 6.86. The van der Waals surface area contributed by atoms with E-state index in [1.807, 2.05) is 0 Å². The van der Waals surface area contributed by atoms with E-state index in [-0.39, 0.29) is 35.7 Å². The van der Waals surface area contributed by atoms with Gasteiger partial charge >= 0.3 is 0 Å². The van der Waals surface area contributed by atoms with Crippen molar-refractivity contribution in [2.45, 2.75) is 70.6 Å². The highest BCUT2D eigenvalue weighted by Crippen LogP contribution is 2.32. The van der Waals surface area contributed by atoms with Crippen molar-refractivity contribution in [1.29, 1.82) is 0 Å². The predicted octanol–water partition coefficient (Wildman–Crippen LogP) is 3.63. The van der Waals surface area contributed by atoms with E-state index in [0.29, 0.717) is 23.5 Å². The van der Waals surface area contributed by atoms with Crippen LogP contribution in [0.2, 0.25) is 0 Å². The topological polar surface area (TPSA) is 72.5 Å². The molecule has 2 saturated carbocycles. The summed E-state index contributed by atoms with van der Waals surface area (Å²) < 4.78 is 5.34. The number of rotatable bonds is 6. The minimum absolute atomic E-state index is 0.00759. The van der Waals surface area contributed by atoms with Crippen LogP contribution in [0.15, 0.2) is 23.0 Å². The Balaban J connectivity index is 1.63. The summed E-state index contributed by atoms with van der Waals surface area (Å²) in [7, 11) is 1.45. The Morgan fingerprint density at radius 3 is 2.30 bits per heavy atom. The summed E-state index contributed by atoms with van der Waals surface area (Å²) in [5.41, 5.74) is 0.838. The van der Waals surface area contributed by atoms with E-state index in [2.05, 4.69) is 5.32 Å². The molecule has 0 atom stereocenters. The van der Waals surface area contributed by atoms with Gasteiger partial charge in [-0.15, -0.1) is 0 Å². The molecule has 0 spiro atoms. The number of allylic oxidation sites excluding steroid dienone is 3. The highest BCUT2D eigenvalue weighted by atomic mass is 16.5. The van der Waals surface area contributed by atoms with Gasteiger partial charge in [-0.1, -0.05) is 51.4 Å². The normalized spacial score (nSPS) is 22.6. The molecule has 27 heavy (non-hydrogen) atoms. The largest absolute Gasteiger partial charge is 0.492 e. The van der Waals surface area contributed by atoms with Gasteiger partial charge in [0.2, 0.25) is 11.7 Å². The molecule has 0 radical (unpaired) electrons. The van der Waals surface area contributed by atoms with Gasteiger partial charge in [-0.05, 0) is 31.3 Å². The Morgan fingerprint density at radius 2 is 1.67 bits per heavy atom. The molecule has 1 amide bonds. The Labute approximate surface area is 161 Å². The third-order valence-electron chi connectivity index (χ3n) is 6.23. The standard InChI is InChI=1S/C22H31NO4/c1-27-21-18(12-15-8-4-2-5-9-15)19(24)13-17(20(21)25)14-23-22(26)16-10-6-3-7-11-16/h13,15-16H,2-12,14H2,1H3,(H,23,26). The molecule has 0 aliphatic heterocycles. The molecule has 0 aromatic heterocycles. The number of amides is 1. The lowest BCUT2D eigenvalue weighted by Gasteiger charge is -2.25. The van der Waals surface area contributed by atoms with E-state index in [9.17, 15) is 14.4 Å². The molecule has 1 N–H and O–H groups in total. The van der Waals surface area contributed by atoms with E-state index in [1.165, 1.54) is 38.9 Å². The van der Waals surface area contributed by atoms with Gasteiger partial charge < -0.3 is 10.1 Å². The van der Waals surface area contributed by atoms with Crippen LogP contribution < -0.4 is 5.32 Å². The number of nitrogens with one attached hydrogen (secondary N) is 1. The van der Waals surface area contributed by atoms with Crippen LogP contribution in [0.4, 0.5) is 0 Å². The number of hydrogen-bond acceptors (Lipinski definition) is 4. The van der Waals surface area contributed by atoms with E-state index in [4.69, 9.17) is 4.74 Å². The first-order valence-corrected chi connectivity index (χ1v) is 10.4. The highest BCUT2D eigenvalue weighted by molar-refractivity contribution is 6.22. The first-order chi connectivity index (χ1) is 13.1. The Morgan fingerprint density at radius 1 is 1.04 bits per heavy atom. The summed E-state index contributed by atoms with van der Waals surface area (Å²) in [6.07, 6.45) is 13.0. The molecule has 0 bridgehead atoms. The van der Waals surface area contributed by atoms with Gasteiger partial charge in [0.25, 0.3) is 0 Å². The minimum atomic E-state index is -0.258. The lowest BCUT2D eigenvalue weighted by Crippen LogP contribution is -2.36. The fourth-order valence-electron chi connectivity index (χ4n) is 4.62. The van der Waals surface area contributed by atoms with Crippen molar-refractivity contribution in [3.05, 3.63) is 23.0 Å². The second-order valence-corrected chi connectivity index (χ2v) is 8.14. The molecule has 148 valence electrons. The number of carbonyl (C=O) groups excluding carboxylic acids is 3. The van der Waals surface area contributed by atoms with Crippen LogP contribution in [0.1, 0.15) is 70.6 Å². The average molecular weight is 373 g/mol. The number of carbonyl (C=O) groups is 3. The molecule has 3 aliphatic carbocycles. The first-order valence-electron chi connectivity index (χ1n) is 10.4. The average Bonchev–Trinajstić information content (AvgIpc) is 2.71. The molecule has 3 aliphatic rings. The number of ether oxygens (including phenoxy) is 1. The van der Waals surface area contributed by atoms with Gasteiger partial charge in [0, 0.05) is 23.6 Å². The number of ketones is 2. The molecule has 5 nitrogen and oxygen atoms in total. The van der Waals surface area contributed by atoms with Gasteiger partial charge in [0.1, 0.15) is 0 Å². The van der Waals surface area contributed by atoms with Gasteiger partial charge in [0.15, 0.2) is 11.5 Å². The smallest absolute Gasteiger partial charge is 0.225 e. The van der Waals surface area contributed by atoms with E-state index >= 15 is 0 Å². The zero-order valence-corrected chi connectivity index (χ0v) is 16.4. The second-order valence-electron chi connectivity index (χ2n) is 8.14. The van der Waals surface area contributed by atoms with Crippen molar-refractivity contribution in [2.75, 3.05) is 13.7 Å². The molecule has 0 aromatic rings. The summed E-state index contributed by atoms with van der Waals surface area (Å²) >= 11 is 0. The second kappa shape index (κ2) is 9.34. The molecule has 5 heteroatoms. The third-order valence-corrected chi connectivity index (χ3v) is 6.23. The summed E-state index contributed by atoms with van der Waals surface area (Å²) in [4.78, 5) is 37.8. The zero-order chi connectivity index (χ0) is 19.2. The van der Waals surface area contributed by atoms with Crippen molar-refractivity contribution >= 4 is 17.5 Å². The molecule has 3 rings (SSSR count). The quantitative estimate of drug-likeness (QED) is 0.722. The summed E-state index contributed by atoms with van der Waals surface area (Å²) in [6.45, 7) is 0.101. The lowest BCUT2D eigenvalue weighted by molar-refractivity contribution is -0.125. The fraction of sp³-hybridized carbons (Fsp3) is 0.682. The maximum atomic E-state index is 12.8. The summed E-state index contributed by atoms with van der Waals surface area (Å²) in [6, 6.07) is 0. The third kappa shape index (κ3) is 4.88. The van der Waals surface area contributed by atoms with Crippen LogP contribution in [0, 0.1) is 11.8 Å². The van der Waals surface area contributed by atoms with Crippen LogP contribution in [-0.2, 0) is 19.1 Å². The minimum Gasteiger partial charge on any atom is -0.492 e. The van der Waals surface area contributed by atoms with E-state index < -0.39 is 0 Å². The SMILES string of the molecule is COC1=C(CC2CCCCC2)C(=O)C=C(CNC(=O)C2CCCCC2)C1=O. The van der Waals surface area contributed by atoms with Crippen LogP contribution >= 0.6 is 0 Å². The van der Waals surface area contributed by atoms with Gasteiger partial charge in [0.05, 0.1) is 7.11 Å². The summed E-state index contributed by atoms with van der Waals surface area (Å²) in [5.74, 6) is 0.261. The molecule has 0 heterocycles. The molecular weight excluding hydrogens is 342 g/mol. The molecule has 0 unspecified atom stereocenters. The van der Waals surface area contributed by atoms with Gasteiger partial charge in [-0.2, -0.15) is 0 Å². The predicted molar refractivity (Wildman–Crippen MR) is 103 cm³/mol. The van der Waals surface area contributed by atoms with Crippen molar-refractivity contribution in [3.8, 4) is 0 Å². The van der Waals surface area contributed by atoms with E-state index in [0.717, 1.165) is 38.5 Å². The Bertz CT molecular complexity index is 649. The maximum absolute atomic E-state index is 12.8. The number of methoxy groups -OCH3 is 1. The Hall–Kier alpha value is -1.91. The van der Waals surface area contributed by atoms with Crippen LogP contribution in [0.3, 0.4) is 0 Å².